The highest BCUT2D eigenvalue weighted by atomic mass is 16.5. The first-order valence-corrected chi connectivity index (χ1v) is 7.21. The lowest BCUT2D eigenvalue weighted by atomic mass is 10.2. The zero-order valence-corrected chi connectivity index (χ0v) is 13.4. The van der Waals surface area contributed by atoms with Crippen molar-refractivity contribution in [2.24, 2.45) is 0 Å². The van der Waals surface area contributed by atoms with Gasteiger partial charge in [-0.1, -0.05) is 12.1 Å². The van der Waals surface area contributed by atoms with Gasteiger partial charge in [-0.25, -0.2) is 0 Å². The molecule has 0 unspecified atom stereocenters. The second-order valence-electron chi connectivity index (χ2n) is 4.87. The highest BCUT2D eigenvalue weighted by Crippen LogP contribution is 2.10. The summed E-state index contributed by atoms with van der Waals surface area (Å²) in [6, 6.07) is 7.51. The third kappa shape index (κ3) is 6.58. The first-order chi connectivity index (χ1) is 10.6. The van der Waals surface area contributed by atoms with Crippen LogP contribution in [0.4, 0.5) is 0 Å². The monoisotopic (exact) mass is 308 g/mol. The van der Waals surface area contributed by atoms with Crippen molar-refractivity contribution in [1.29, 1.82) is 0 Å². The summed E-state index contributed by atoms with van der Waals surface area (Å²) in [7, 11) is 3.20. The Hall–Kier alpha value is -2.08. The Morgan fingerprint density at radius 1 is 1.14 bits per heavy atom. The molecular formula is C16H24N2O4. The number of carbonyl (C=O) groups excluding carboxylic acids is 2. The molecule has 0 aliphatic carbocycles. The van der Waals surface area contributed by atoms with Crippen molar-refractivity contribution >= 4 is 11.8 Å². The topological polar surface area (TPSA) is 67.9 Å². The molecule has 1 rings (SSSR count). The minimum atomic E-state index is -0.0838. The van der Waals surface area contributed by atoms with Gasteiger partial charge in [0.05, 0.1) is 13.7 Å². The van der Waals surface area contributed by atoms with Crippen LogP contribution in [0.1, 0.15) is 18.9 Å². The molecule has 0 fully saturated rings. The summed E-state index contributed by atoms with van der Waals surface area (Å²) in [5.74, 6) is 0.643. The molecule has 1 aromatic carbocycles. The molecule has 6 heteroatoms. The molecule has 0 atom stereocenters. The van der Waals surface area contributed by atoms with E-state index in [0.29, 0.717) is 26.2 Å². The maximum Gasteiger partial charge on any atom is 0.222 e. The van der Waals surface area contributed by atoms with Gasteiger partial charge in [-0.05, 0) is 17.7 Å². The van der Waals surface area contributed by atoms with Crippen LogP contribution in [0, 0.1) is 0 Å². The molecule has 122 valence electrons. The zero-order valence-electron chi connectivity index (χ0n) is 13.4. The molecule has 0 aromatic heterocycles. The summed E-state index contributed by atoms with van der Waals surface area (Å²) in [5.41, 5.74) is 0.997. The first kappa shape index (κ1) is 18.0. The Balaban J connectivity index is 2.33. The van der Waals surface area contributed by atoms with E-state index in [1.165, 1.54) is 6.92 Å². The number of methoxy groups -OCH3 is 2. The van der Waals surface area contributed by atoms with Gasteiger partial charge >= 0.3 is 0 Å². The van der Waals surface area contributed by atoms with Crippen LogP contribution in [0.25, 0.3) is 0 Å². The van der Waals surface area contributed by atoms with E-state index in [0.717, 1.165) is 11.3 Å². The van der Waals surface area contributed by atoms with Gasteiger partial charge in [0.25, 0.3) is 0 Å². The molecule has 1 N–H and O–H groups in total. The zero-order chi connectivity index (χ0) is 16.4. The minimum Gasteiger partial charge on any atom is -0.497 e. The lowest BCUT2D eigenvalue weighted by molar-refractivity contribution is -0.130. The first-order valence-electron chi connectivity index (χ1n) is 7.21. The molecule has 0 heterocycles. The van der Waals surface area contributed by atoms with Crippen molar-refractivity contribution in [3.05, 3.63) is 29.8 Å². The molecule has 0 saturated heterocycles. The normalized spacial score (nSPS) is 10.1. The fourth-order valence-corrected chi connectivity index (χ4v) is 1.90. The fourth-order valence-electron chi connectivity index (χ4n) is 1.90. The molecule has 22 heavy (non-hydrogen) atoms. The number of hydrogen-bond acceptors (Lipinski definition) is 4. The Labute approximate surface area is 131 Å². The van der Waals surface area contributed by atoms with E-state index in [9.17, 15) is 9.59 Å². The molecule has 0 bridgehead atoms. The number of nitrogens with one attached hydrogen (secondary N) is 1. The number of rotatable bonds is 9. The van der Waals surface area contributed by atoms with Crippen molar-refractivity contribution in [2.45, 2.75) is 19.9 Å². The van der Waals surface area contributed by atoms with Crippen LogP contribution in [0.2, 0.25) is 0 Å². The van der Waals surface area contributed by atoms with Crippen LogP contribution in [0.3, 0.4) is 0 Å². The third-order valence-electron chi connectivity index (χ3n) is 3.27. The van der Waals surface area contributed by atoms with Gasteiger partial charge in [-0.2, -0.15) is 0 Å². The van der Waals surface area contributed by atoms with E-state index in [4.69, 9.17) is 9.47 Å². The SMILES string of the molecule is COCCN(CCC(=O)NCc1ccc(OC)cc1)C(C)=O. The van der Waals surface area contributed by atoms with Crippen molar-refractivity contribution in [3.8, 4) is 5.75 Å². The Kier molecular flexibility index (Phi) is 7.99. The predicted molar refractivity (Wildman–Crippen MR) is 83.6 cm³/mol. The van der Waals surface area contributed by atoms with Crippen LogP contribution in [0.15, 0.2) is 24.3 Å². The number of carbonyl (C=O) groups is 2. The number of hydrogen-bond donors (Lipinski definition) is 1. The molecule has 0 spiro atoms. The summed E-state index contributed by atoms with van der Waals surface area (Å²) in [4.78, 5) is 24.9. The summed E-state index contributed by atoms with van der Waals surface area (Å²) in [6.45, 7) is 3.31. The van der Waals surface area contributed by atoms with Crippen LogP contribution >= 0.6 is 0 Å². The van der Waals surface area contributed by atoms with E-state index in [1.54, 1.807) is 19.1 Å². The number of nitrogens with zero attached hydrogens (tertiary/aromatic N) is 1. The molecule has 0 aliphatic rings. The van der Waals surface area contributed by atoms with E-state index in [1.807, 2.05) is 24.3 Å². The van der Waals surface area contributed by atoms with Gasteiger partial charge in [-0.15, -0.1) is 0 Å². The van der Waals surface area contributed by atoms with Gasteiger partial charge in [0.1, 0.15) is 5.75 Å². The van der Waals surface area contributed by atoms with Crippen molar-refractivity contribution in [1.82, 2.24) is 10.2 Å². The lowest BCUT2D eigenvalue weighted by Crippen LogP contribution is -2.35. The Morgan fingerprint density at radius 3 is 2.36 bits per heavy atom. The second-order valence-corrected chi connectivity index (χ2v) is 4.87. The van der Waals surface area contributed by atoms with Gasteiger partial charge in [0, 0.05) is 40.1 Å². The third-order valence-corrected chi connectivity index (χ3v) is 3.27. The highest BCUT2D eigenvalue weighted by molar-refractivity contribution is 5.78. The Bertz CT molecular complexity index is 474. The maximum absolute atomic E-state index is 11.8. The van der Waals surface area contributed by atoms with Crippen LogP contribution in [-0.4, -0.2) is 50.6 Å². The van der Waals surface area contributed by atoms with Crippen LogP contribution in [0.5, 0.6) is 5.75 Å². The highest BCUT2D eigenvalue weighted by Gasteiger charge is 2.10. The molecule has 0 radical (unpaired) electrons. The largest absolute Gasteiger partial charge is 0.497 e. The average molecular weight is 308 g/mol. The van der Waals surface area contributed by atoms with Gasteiger partial charge < -0.3 is 19.7 Å². The van der Waals surface area contributed by atoms with E-state index in [2.05, 4.69) is 5.32 Å². The summed E-state index contributed by atoms with van der Waals surface area (Å²) < 4.78 is 10.0. The summed E-state index contributed by atoms with van der Waals surface area (Å²) in [5, 5.41) is 2.84. The second kappa shape index (κ2) is 9.78. The van der Waals surface area contributed by atoms with E-state index in [-0.39, 0.29) is 18.2 Å². The number of benzene rings is 1. The Morgan fingerprint density at radius 2 is 1.82 bits per heavy atom. The molecule has 1 aromatic rings. The van der Waals surface area contributed by atoms with Crippen molar-refractivity contribution in [2.75, 3.05) is 33.9 Å². The van der Waals surface area contributed by atoms with Crippen molar-refractivity contribution in [3.63, 3.8) is 0 Å². The number of amides is 2. The lowest BCUT2D eigenvalue weighted by Gasteiger charge is -2.20. The van der Waals surface area contributed by atoms with E-state index < -0.39 is 0 Å². The fraction of sp³-hybridized carbons (Fsp3) is 0.500. The quantitative estimate of drug-likeness (QED) is 0.744. The van der Waals surface area contributed by atoms with Gasteiger partial charge in [-0.3, -0.25) is 9.59 Å². The van der Waals surface area contributed by atoms with Crippen LogP contribution < -0.4 is 10.1 Å². The minimum absolute atomic E-state index is 0.0556. The van der Waals surface area contributed by atoms with Crippen molar-refractivity contribution < 1.29 is 19.1 Å². The van der Waals surface area contributed by atoms with Crippen LogP contribution in [-0.2, 0) is 20.9 Å². The molecule has 0 saturated carbocycles. The maximum atomic E-state index is 11.8. The van der Waals surface area contributed by atoms with Gasteiger partial charge in [0.2, 0.25) is 11.8 Å². The van der Waals surface area contributed by atoms with Gasteiger partial charge in [0.15, 0.2) is 0 Å². The van der Waals surface area contributed by atoms with E-state index >= 15 is 0 Å². The summed E-state index contributed by atoms with van der Waals surface area (Å²) in [6.07, 6.45) is 0.277. The average Bonchev–Trinajstić information content (AvgIpc) is 2.53. The standard InChI is InChI=1S/C16H24N2O4/c1-13(19)18(10-11-21-2)9-8-16(20)17-12-14-4-6-15(22-3)7-5-14/h4-7H,8-12H2,1-3H3,(H,17,20). The summed E-state index contributed by atoms with van der Waals surface area (Å²) >= 11 is 0. The number of ether oxygens (including phenoxy) is 2. The smallest absolute Gasteiger partial charge is 0.222 e. The molecule has 0 aliphatic heterocycles. The molecule has 2 amide bonds. The molecular weight excluding hydrogens is 284 g/mol. The predicted octanol–water partition coefficient (Wildman–Crippen LogP) is 1.20. The molecule has 6 nitrogen and oxygen atoms in total.